The number of aromatic nitrogens is 2. The summed E-state index contributed by atoms with van der Waals surface area (Å²) >= 11 is 0. The first-order valence-electron chi connectivity index (χ1n) is 4.16. The fourth-order valence-electron chi connectivity index (χ4n) is 1.25. The van der Waals surface area contributed by atoms with E-state index in [9.17, 15) is 4.79 Å². The van der Waals surface area contributed by atoms with Crippen molar-refractivity contribution in [2.45, 2.75) is 31.6 Å². The summed E-state index contributed by atoms with van der Waals surface area (Å²) in [6, 6.07) is 0. The third-order valence-corrected chi connectivity index (χ3v) is 2.21. The molecule has 0 amide bonds. The number of carbonyl (C=O) groups is 1. The molecule has 0 atom stereocenters. The molecule has 0 unspecified atom stereocenters. The maximum atomic E-state index is 10.1. The van der Waals surface area contributed by atoms with Gasteiger partial charge in [0.05, 0.1) is 6.42 Å². The minimum absolute atomic E-state index is 0.236. The first kappa shape index (κ1) is 7.46. The van der Waals surface area contributed by atoms with Crippen molar-refractivity contribution in [2.24, 2.45) is 0 Å². The molecule has 64 valence electrons. The molecule has 1 aliphatic carbocycles. The van der Waals surface area contributed by atoms with Crippen molar-refractivity contribution in [2.75, 3.05) is 0 Å². The zero-order valence-electron chi connectivity index (χ0n) is 6.69. The van der Waals surface area contributed by atoms with Gasteiger partial charge in [-0.05, 0) is 12.8 Å². The fourth-order valence-corrected chi connectivity index (χ4v) is 1.25. The summed E-state index contributed by atoms with van der Waals surface area (Å²) in [6.45, 7) is 0. The Balaban J connectivity index is 2.07. The van der Waals surface area contributed by atoms with Crippen LogP contribution in [0.25, 0.3) is 0 Å². The molecule has 0 saturated heterocycles. The molecule has 4 heteroatoms. The van der Waals surface area contributed by atoms with Gasteiger partial charge in [0.25, 0.3) is 0 Å². The zero-order chi connectivity index (χ0) is 8.39. The SMILES string of the molecule is O=CCc1nc(C2CCC2)no1. The summed E-state index contributed by atoms with van der Waals surface area (Å²) in [5, 5.41) is 3.81. The van der Waals surface area contributed by atoms with Gasteiger partial charge in [0.15, 0.2) is 5.82 Å². The highest BCUT2D eigenvalue weighted by Crippen LogP contribution is 2.34. The Labute approximate surface area is 70.0 Å². The predicted octanol–water partition coefficient (Wildman–Crippen LogP) is 1.08. The maximum Gasteiger partial charge on any atom is 0.233 e. The average molecular weight is 166 g/mol. The predicted molar refractivity (Wildman–Crippen MR) is 40.7 cm³/mol. The normalized spacial score (nSPS) is 17.3. The van der Waals surface area contributed by atoms with E-state index in [-0.39, 0.29) is 6.42 Å². The molecule has 0 radical (unpaired) electrons. The summed E-state index contributed by atoms with van der Waals surface area (Å²) in [7, 11) is 0. The van der Waals surface area contributed by atoms with Crippen LogP contribution >= 0.6 is 0 Å². The van der Waals surface area contributed by atoms with Crippen LogP contribution in [0, 0.1) is 0 Å². The van der Waals surface area contributed by atoms with E-state index in [4.69, 9.17) is 4.52 Å². The number of rotatable bonds is 3. The molecule has 1 fully saturated rings. The molecule has 0 bridgehead atoms. The van der Waals surface area contributed by atoms with Gasteiger partial charge < -0.3 is 9.32 Å². The van der Waals surface area contributed by atoms with Gasteiger partial charge in [-0.1, -0.05) is 11.6 Å². The second-order valence-corrected chi connectivity index (χ2v) is 3.04. The quantitative estimate of drug-likeness (QED) is 0.630. The van der Waals surface area contributed by atoms with Gasteiger partial charge in [-0.2, -0.15) is 4.98 Å². The summed E-state index contributed by atoms with van der Waals surface area (Å²) in [5.74, 6) is 1.69. The van der Waals surface area contributed by atoms with Crippen molar-refractivity contribution in [3.05, 3.63) is 11.7 Å². The number of hydrogen-bond donors (Lipinski definition) is 0. The van der Waals surface area contributed by atoms with E-state index in [1.807, 2.05) is 0 Å². The summed E-state index contributed by atoms with van der Waals surface area (Å²) in [4.78, 5) is 14.2. The lowest BCUT2D eigenvalue weighted by molar-refractivity contribution is -0.107. The molecule has 1 heterocycles. The van der Waals surface area contributed by atoms with E-state index >= 15 is 0 Å². The molecule has 1 aromatic heterocycles. The molecule has 0 aromatic carbocycles. The van der Waals surface area contributed by atoms with Crippen molar-refractivity contribution >= 4 is 6.29 Å². The number of hydrogen-bond acceptors (Lipinski definition) is 4. The van der Waals surface area contributed by atoms with Gasteiger partial charge in [-0.15, -0.1) is 0 Å². The van der Waals surface area contributed by atoms with Crippen LogP contribution in [0.4, 0.5) is 0 Å². The Hall–Kier alpha value is -1.19. The van der Waals surface area contributed by atoms with Gasteiger partial charge >= 0.3 is 0 Å². The largest absolute Gasteiger partial charge is 0.339 e. The Morgan fingerprint density at radius 1 is 1.58 bits per heavy atom. The molecule has 0 aliphatic heterocycles. The van der Waals surface area contributed by atoms with E-state index in [1.54, 1.807) is 0 Å². The standard InChI is InChI=1S/C8H10N2O2/c11-5-4-7-9-8(10-12-7)6-2-1-3-6/h5-6H,1-4H2. The monoisotopic (exact) mass is 166 g/mol. The molecule has 0 N–H and O–H groups in total. The molecular formula is C8H10N2O2. The van der Waals surface area contributed by atoms with E-state index in [1.165, 1.54) is 6.42 Å². The molecule has 2 rings (SSSR count). The van der Waals surface area contributed by atoms with Gasteiger partial charge in [0.2, 0.25) is 5.89 Å². The van der Waals surface area contributed by atoms with Crippen LogP contribution in [0.5, 0.6) is 0 Å². The Morgan fingerprint density at radius 3 is 3.00 bits per heavy atom. The van der Waals surface area contributed by atoms with Crippen LogP contribution in [0.3, 0.4) is 0 Å². The van der Waals surface area contributed by atoms with Crippen molar-refractivity contribution < 1.29 is 9.32 Å². The van der Waals surface area contributed by atoms with E-state index in [2.05, 4.69) is 10.1 Å². The number of aldehydes is 1. The highest BCUT2D eigenvalue weighted by atomic mass is 16.5. The minimum Gasteiger partial charge on any atom is -0.339 e. The average Bonchev–Trinajstić information content (AvgIpc) is 2.34. The summed E-state index contributed by atoms with van der Waals surface area (Å²) < 4.78 is 4.87. The second kappa shape index (κ2) is 3.05. The lowest BCUT2D eigenvalue weighted by atomic mass is 9.85. The van der Waals surface area contributed by atoms with Crippen molar-refractivity contribution in [1.82, 2.24) is 10.1 Å². The number of carbonyl (C=O) groups excluding carboxylic acids is 1. The molecular weight excluding hydrogens is 156 g/mol. The third-order valence-electron chi connectivity index (χ3n) is 2.21. The van der Waals surface area contributed by atoms with Crippen LogP contribution < -0.4 is 0 Å². The van der Waals surface area contributed by atoms with Crippen molar-refractivity contribution in [3.63, 3.8) is 0 Å². The van der Waals surface area contributed by atoms with Crippen molar-refractivity contribution in [1.29, 1.82) is 0 Å². The summed E-state index contributed by atoms with van der Waals surface area (Å²) in [6.07, 6.45) is 4.57. The van der Waals surface area contributed by atoms with Gasteiger partial charge in [0.1, 0.15) is 6.29 Å². The lowest BCUT2D eigenvalue weighted by Gasteiger charge is -2.20. The van der Waals surface area contributed by atoms with Crippen molar-refractivity contribution in [3.8, 4) is 0 Å². The first-order valence-corrected chi connectivity index (χ1v) is 4.16. The van der Waals surface area contributed by atoms with Crippen LogP contribution in [-0.2, 0) is 11.2 Å². The molecule has 1 aliphatic rings. The fraction of sp³-hybridized carbons (Fsp3) is 0.625. The van der Waals surface area contributed by atoms with Crippen LogP contribution in [-0.4, -0.2) is 16.4 Å². The molecule has 1 saturated carbocycles. The Kier molecular flexibility index (Phi) is 1.89. The number of nitrogens with zero attached hydrogens (tertiary/aromatic N) is 2. The smallest absolute Gasteiger partial charge is 0.233 e. The molecule has 0 spiro atoms. The zero-order valence-corrected chi connectivity index (χ0v) is 6.69. The second-order valence-electron chi connectivity index (χ2n) is 3.04. The van der Waals surface area contributed by atoms with E-state index in [0.717, 1.165) is 25.0 Å². The molecule has 4 nitrogen and oxygen atoms in total. The maximum absolute atomic E-state index is 10.1. The summed E-state index contributed by atoms with van der Waals surface area (Å²) in [5.41, 5.74) is 0. The highest BCUT2D eigenvalue weighted by Gasteiger charge is 2.24. The van der Waals surface area contributed by atoms with Gasteiger partial charge in [-0.25, -0.2) is 0 Å². The highest BCUT2D eigenvalue weighted by molar-refractivity contribution is 5.52. The third kappa shape index (κ3) is 1.24. The van der Waals surface area contributed by atoms with E-state index in [0.29, 0.717) is 11.8 Å². The van der Waals surface area contributed by atoms with E-state index < -0.39 is 0 Å². The molecule has 1 aromatic rings. The van der Waals surface area contributed by atoms with Crippen LogP contribution in [0.1, 0.15) is 36.9 Å². The lowest BCUT2D eigenvalue weighted by Crippen LogP contribution is -2.10. The van der Waals surface area contributed by atoms with Gasteiger partial charge in [-0.3, -0.25) is 0 Å². The Morgan fingerprint density at radius 2 is 2.42 bits per heavy atom. The first-order chi connectivity index (χ1) is 5.90. The Bertz CT molecular complexity index is 278. The minimum atomic E-state index is 0.236. The molecule has 12 heavy (non-hydrogen) atoms. The van der Waals surface area contributed by atoms with Crippen LogP contribution in [0.2, 0.25) is 0 Å². The topological polar surface area (TPSA) is 56.0 Å². The van der Waals surface area contributed by atoms with Gasteiger partial charge in [0, 0.05) is 5.92 Å². The van der Waals surface area contributed by atoms with Crippen LogP contribution in [0.15, 0.2) is 4.52 Å².